The van der Waals surface area contributed by atoms with E-state index < -0.39 is 11.4 Å². The number of carboxylic acids is 1. The predicted octanol–water partition coefficient (Wildman–Crippen LogP) is 6.08. The first-order chi connectivity index (χ1) is 14.9. The van der Waals surface area contributed by atoms with Crippen LogP contribution in [0.3, 0.4) is 0 Å². The molecular weight excluding hydrogens is 390 g/mol. The molecule has 1 heterocycles. The van der Waals surface area contributed by atoms with Crippen molar-refractivity contribution in [3.8, 4) is 34.0 Å². The number of ether oxygens (including phenoxy) is 2. The average molecular weight is 420 g/mol. The van der Waals surface area contributed by atoms with Gasteiger partial charge in [0.05, 0.1) is 24.8 Å². The second-order valence-electron chi connectivity index (χ2n) is 8.17. The summed E-state index contributed by atoms with van der Waals surface area (Å²) in [6.45, 7) is 3.99. The lowest BCUT2D eigenvalue weighted by atomic mass is 9.87. The van der Waals surface area contributed by atoms with E-state index in [9.17, 15) is 9.90 Å². The maximum Gasteiger partial charge on any atom is 0.309 e. The van der Waals surface area contributed by atoms with Gasteiger partial charge in [0.2, 0.25) is 5.88 Å². The fraction of sp³-hybridized carbons (Fsp3) is 0.308. The van der Waals surface area contributed by atoms with Crippen LogP contribution in [0, 0.1) is 5.41 Å². The van der Waals surface area contributed by atoms with Gasteiger partial charge in [-0.1, -0.05) is 42.5 Å². The van der Waals surface area contributed by atoms with E-state index in [1.165, 1.54) is 0 Å². The van der Waals surface area contributed by atoms with Gasteiger partial charge in [0.25, 0.3) is 0 Å². The number of carbonyl (C=O) groups is 1. The van der Waals surface area contributed by atoms with Gasteiger partial charge in [-0.25, -0.2) is 4.98 Å². The molecule has 1 aromatic heterocycles. The maximum atomic E-state index is 11.2. The topological polar surface area (TPSA) is 68.7 Å². The van der Waals surface area contributed by atoms with Gasteiger partial charge in [-0.2, -0.15) is 0 Å². The highest BCUT2D eigenvalue weighted by molar-refractivity contribution is 5.73. The zero-order valence-electron chi connectivity index (χ0n) is 18.3. The van der Waals surface area contributed by atoms with Crippen molar-refractivity contribution >= 4 is 5.97 Å². The number of nitrogens with zero attached hydrogens (tertiary/aromatic N) is 1. The lowest BCUT2D eigenvalue weighted by molar-refractivity contribution is -0.147. The number of rotatable bonds is 10. The Kier molecular flexibility index (Phi) is 7.29. The fourth-order valence-electron chi connectivity index (χ4n) is 3.24. The molecule has 0 aliphatic carbocycles. The zero-order chi connectivity index (χ0) is 22.3. The summed E-state index contributed by atoms with van der Waals surface area (Å²) in [4.78, 5) is 15.9. The number of aromatic nitrogens is 1. The smallest absolute Gasteiger partial charge is 0.309 e. The van der Waals surface area contributed by atoms with Crippen molar-refractivity contribution in [2.75, 3.05) is 13.7 Å². The molecule has 0 atom stereocenters. The summed E-state index contributed by atoms with van der Waals surface area (Å²) < 4.78 is 11.2. The molecule has 0 spiro atoms. The Hall–Kier alpha value is -3.34. The molecule has 1 N–H and O–H groups in total. The summed E-state index contributed by atoms with van der Waals surface area (Å²) in [5.74, 6) is 0.598. The standard InChI is InChI=1S/C26H29NO4/c1-26(2,25(28)29)15-7-8-16-31-24-18-21(19-11-13-22(30-3)14-12-19)17-23(27-24)20-9-5-4-6-10-20/h4-6,9-14,17-18H,7-8,15-16H2,1-3H3,(H,28,29). The quantitative estimate of drug-likeness (QED) is 0.403. The highest BCUT2D eigenvalue weighted by Crippen LogP contribution is 2.30. The first-order valence-corrected chi connectivity index (χ1v) is 10.5. The molecular formula is C26H29NO4. The molecule has 2 aromatic carbocycles. The van der Waals surface area contributed by atoms with Crippen molar-refractivity contribution in [1.82, 2.24) is 4.98 Å². The number of hydrogen-bond acceptors (Lipinski definition) is 4. The molecule has 31 heavy (non-hydrogen) atoms. The van der Waals surface area contributed by atoms with Gasteiger partial charge in [-0.3, -0.25) is 4.79 Å². The SMILES string of the molecule is COc1ccc(-c2cc(OCCCCC(C)(C)C(=O)O)nc(-c3ccccc3)c2)cc1. The second-order valence-corrected chi connectivity index (χ2v) is 8.17. The molecule has 0 fully saturated rings. The monoisotopic (exact) mass is 419 g/mol. The van der Waals surface area contributed by atoms with Crippen molar-refractivity contribution in [3.05, 3.63) is 66.7 Å². The summed E-state index contributed by atoms with van der Waals surface area (Å²) in [5, 5.41) is 9.24. The van der Waals surface area contributed by atoms with Crippen LogP contribution in [-0.2, 0) is 4.79 Å². The number of aliphatic carboxylic acids is 1. The zero-order valence-corrected chi connectivity index (χ0v) is 18.3. The van der Waals surface area contributed by atoms with Crippen molar-refractivity contribution in [1.29, 1.82) is 0 Å². The fourth-order valence-corrected chi connectivity index (χ4v) is 3.24. The number of unbranched alkanes of at least 4 members (excludes halogenated alkanes) is 1. The molecule has 3 aromatic rings. The Morgan fingerprint density at radius 2 is 1.65 bits per heavy atom. The van der Waals surface area contributed by atoms with Crippen LogP contribution in [0.1, 0.15) is 33.1 Å². The largest absolute Gasteiger partial charge is 0.497 e. The number of pyridine rings is 1. The van der Waals surface area contributed by atoms with Crippen LogP contribution in [0.25, 0.3) is 22.4 Å². The summed E-state index contributed by atoms with van der Waals surface area (Å²) in [5.41, 5.74) is 3.21. The molecule has 5 heteroatoms. The molecule has 0 radical (unpaired) electrons. The van der Waals surface area contributed by atoms with Gasteiger partial charge < -0.3 is 14.6 Å². The minimum Gasteiger partial charge on any atom is -0.497 e. The van der Waals surface area contributed by atoms with Gasteiger partial charge in [0.15, 0.2) is 0 Å². The Labute approximate surface area is 183 Å². The van der Waals surface area contributed by atoms with Gasteiger partial charge >= 0.3 is 5.97 Å². The lowest BCUT2D eigenvalue weighted by Crippen LogP contribution is -2.23. The number of benzene rings is 2. The normalized spacial score (nSPS) is 11.2. The lowest BCUT2D eigenvalue weighted by Gasteiger charge is -2.18. The summed E-state index contributed by atoms with van der Waals surface area (Å²) >= 11 is 0. The van der Waals surface area contributed by atoms with E-state index in [4.69, 9.17) is 14.5 Å². The summed E-state index contributed by atoms with van der Waals surface area (Å²) in [6, 6.07) is 21.9. The minimum atomic E-state index is -0.769. The number of hydrogen-bond donors (Lipinski definition) is 1. The minimum absolute atomic E-state index is 0.489. The number of methoxy groups -OCH3 is 1. The van der Waals surface area contributed by atoms with Gasteiger partial charge in [0, 0.05) is 11.6 Å². The van der Waals surface area contributed by atoms with E-state index in [1.54, 1.807) is 21.0 Å². The van der Waals surface area contributed by atoms with Crippen LogP contribution < -0.4 is 9.47 Å². The summed E-state index contributed by atoms with van der Waals surface area (Å²) in [7, 11) is 1.65. The molecule has 3 rings (SSSR count). The van der Waals surface area contributed by atoms with Gasteiger partial charge in [-0.05, 0) is 62.4 Å². The Bertz CT molecular complexity index is 998. The van der Waals surface area contributed by atoms with Gasteiger partial charge in [0.1, 0.15) is 5.75 Å². The molecule has 0 amide bonds. The molecule has 162 valence electrons. The van der Waals surface area contributed by atoms with Crippen molar-refractivity contribution in [3.63, 3.8) is 0 Å². The molecule has 0 bridgehead atoms. The van der Waals surface area contributed by atoms with Crippen LogP contribution in [0.5, 0.6) is 11.6 Å². The molecule has 0 aliphatic rings. The van der Waals surface area contributed by atoms with Gasteiger partial charge in [-0.15, -0.1) is 0 Å². The van der Waals surface area contributed by atoms with Crippen molar-refractivity contribution < 1.29 is 19.4 Å². The highest BCUT2D eigenvalue weighted by Gasteiger charge is 2.26. The molecule has 0 saturated carbocycles. The van der Waals surface area contributed by atoms with Crippen LogP contribution in [0.2, 0.25) is 0 Å². The van der Waals surface area contributed by atoms with E-state index in [2.05, 4.69) is 6.07 Å². The van der Waals surface area contributed by atoms with Crippen LogP contribution in [0.4, 0.5) is 0 Å². The molecule has 0 unspecified atom stereocenters. The molecule has 0 saturated heterocycles. The summed E-state index contributed by atoms with van der Waals surface area (Å²) in [6.07, 6.45) is 2.16. The Morgan fingerprint density at radius 1 is 0.935 bits per heavy atom. The molecule has 0 aliphatic heterocycles. The van der Waals surface area contributed by atoms with E-state index in [0.717, 1.165) is 41.0 Å². The van der Waals surface area contributed by atoms with Crippen molar-refractivity contribution in [2.45, 2.75) is 33.1 Å². The van der Waals surface area contributed by atoms with Crippen LogP contribution >= 0.6 is 0 Å². The predicted molar refractivity (Wildman–Crippen MR) is 122 cm³/mol. The van der Waals surface area contributed by atoms with Crippen molar-refractivity contribution in [2.24, 2.45) is 5.41 Å². The highest BCUT2D eigenvalue weighted by atomic mass is 16.5. The Morgan fingerprint density at radius 3 is 2.29 bits per heavy atom. The first kappa shape index (κ1) is 22.3. The third-order valence-electron chi connectivity index (χ3n) is 5.32. The molecule has 5 nitrogen and oxygen atoms in total. The maximum absolute atomic E-state index is 11.2. The van der Waals surface area contributed by atoms with E-state index in [0.29, 0.717) is 18.9 Å². The van der Waals surface area contributed by atoms with Crippen LogP contribution in [0.15, 0.2) is 66.7 Å². The Balaban J connectivity index is 1.76. The van der Waals surface area contributed by atoms with E-state index >= 15 is 0 Å². The second kappa shape index (κ2) is 10.1. The third kappa shape index (κ3) is 6.07. The van der Waals surface area contributed by atoms with E-state index in [1.807, 2.05) is 60.7 Å². The average Bonchev–Trinajstić information content (AvgIpc) is 2.79. The third-order valence-corrected chi connectivity index (χ3v) is 5.32. The van der Waals surface area contributed by atoms with E-state index in [-0.39, 0.29) is 0 Å². The van der Waals surface area contributed by atoms with Crippen LogP contribution in [-0.4, -0.2) is 29.8 Å². The number of carboxylic acid groups (broad SMARTS) is 1. The first-order valence-electron chi connectivity index (χ1n) is 10.5.